The number of fused-ring (bicyclic) bond motifs is 2. The van der Waals surface area contributed by atoms with Crippen LogP contribution < -0.4 is 20.1 Å². The molecule has 13 nitrogen and oxygen atoms in total. The van der Waals surface area contributed by atoms with Crippen molar-refractivity contribution in [1.29, 1.82) is 0 Å². The number of anilines is 2. The molecule has 4 aromatic rings. The molecule has 242 valence electrons. The molecule has 3 N–H and O–H groups in total. The van der Waals surface area contributed by atoms with Crippen LogP contribution in [0.25, 0.3) is 11.1 Å². The van der Waals surface area contributed by atoms with Gasteiger partial charge >= 0.3 is 5.97 Å². The van der Waals surface area contributed by atoms with Crippen LogP contribution in [0, 0.1) is 0 Å². The van der Waals surface area contributed by atoms with Crippen LogP contribution >= 0.6 is 0 Å². The summed E-state index contributed by atoms with van der Waals surface area (Å²) in [4.78, 5) is 55.9. The van der Waals surface area contributed by atoms with Crippen LogP contribution in [0.3, 0.4) is 0 Å². The number of aliphatic imine (C=N–C) groups is 1. The number of aromatic nitrogens is 1. The Balaban J connectivity index is 0.990. The minimum Gasteiger partial charge on any atom is -0.493 e. The second-order valence-corrected chi connectivity index (χ2v) is 11.3. The highest BCUT2D eigenvalue weighted by Crippen LogP contribution is 2.38. The maximum absolute atomic E-state index is 13.1. The third-order valence-electron chi connectivity index (χ3n) is 8.07. The number of carboxylic acids is 1. The molecule has 13 heteroatoms. The van der Waals surface area contributed by atoms with Crippen molar-refractivity contribution in [1.82, 2.24) is 9.47 Å². The number of amides is 3. The number of carboxylic acid groups (broad SMARTS) is 1. The van der Waals surface area contributed by atoms with Gasteiger partial charge in [-0.3, -0.25) is 19.4 Å². The van der Waals surface area contributed by atoms with Crippen molar-refractivity contribution in [3.8, 4) is 22.6 Å². The molecule has 1 unspecified atom stereocenters. The molecule has 6 rings (SSSR count). The van der Waals surface area contributed by atoms with Crippen LogP contribution in [0.15, 0.2) is 70.4 Å². The highest BCUT2D eigenvalue weighted by molar-refractivity contribution is 6.04. The largest absolute Gasteiger partial charge is 0.493 e. The average molecular weight is 640 g/mol. The fourth-order valence-electron chi connectivity index (χ4n) is 5.65. The first-order chi connectivity index (χ1) is 22.7. The van der Waals surface area contributed by atoms with Gasteiger partial charge in [-0.15, -0.1) is 0 Å². The van der Waals surface area contributed by atoms with Crippen molar-refractivity contribution in [3.05, 3.63) is 78.0 Å². The number of carbonyl (C=O) groups is 4. The van der Waals surface area contributed by atoms with Gasteiger partial charge in [-0.1, -0.05) is 12.1 Å². The van der Waals surface area contributed by atoms with E-state index in [9.17, 15) is 24.3 Å². The molecule has 2 aliphatic rings. The number of aryl methyl sites for hydroxylation is 1. The molecule has 2 aliphatic heterocycles. The van der Waals surface area contributed by atoms with E-state index in [4.69, 9.17) is 13.9 Å². The van der Waals surface area contributed by atoms with Gasteiger partial charge in [-0.05, 0) is 55.2 Å². The maximum atomic E-state index is 13.1. The lowest BCUT2D eigenvalue weighted by molar-refractivity contribution is -0.116. The van der Waals surface area contributed by atoms with Gasteiger partial charge in [-0.25, -0.2) is 4.79 Å². The fourth-order valence-corrected chi connectivity index (χ4v) is 5.65. The minimum atomic E-state index is -1.10. The molecule has 2 aromatic carbocycles. The average Bonchev–Trinajstić information content (AvgIpc) is 3.81. The molecule has 0 saturated carbocycles. The quantitative estimate of drug-likeness (QED) is 0.185. The smallest absolute Gasteiger partial charge is 0.352 e. The van der Waals surface area contributed by atoms with Crippen LogP contribution in [0.2, 0.25) is 0 Å². The van der Waals surface area contributed by atoms with E-state index < -0.39 is 11.9 Å². The van der Waals surface area contributed by atoms with Crippen LogP contribution in [0.1, 0.15) is 57.1 Å². The third kappa shape index (κ3) is 6.73. The Morgan fingerprint density at radius 3 is 2.60 bits per heavy atom. The lowest BCUT2D eigenvalue weighted by Gasteiger charge is -2.20. The monoisotopic (exact) mass is 639 g/mol. The lowest BCUT2D eigenvalue weighted by atomic mass is 10.1. The Hall–Kier alpha value is -5.85. The van der Waals surface area contributed by atoms with Crippen molar-refractivity contribution in [3.63, 3.8) is 0 Å². The second-order valence-electron chi connectivity index (χ2n) is 11.3. The van der Waals surface area contributed by atoms with Gasteiger partial charge in [-0.2, -0.15) is 0 Å². The molecular formula is C34H33N5O8. The summed E-state index contributed by atoms with van der Waals surface area (Å²) in [6.07, 6.45) is 7.29. The molecule has 1 fully saturated rings. The number of nitrogens with zero attached hydrogens (tertiary/aromatic N) is 3. The van der Waals surface area contributed by atoms with Gasteiger partial charge < -0.3 is 39.1 Å². The summed E-state index contributed by atoms with van der Waals surface area (Å²) in [6, 6.07) is 13.4. The molecule has 0 radical (unpaired) electrons. The number of hydrogen-bond acceptors (Lipinski definition) is 8. The van der Waals surface area contributed by atoms with Gasteiger partial charge in [0.15, 0.2) is 17.3 Å². The zero-order valence-electron chi connectivity index (χ0n) is 25.8. The number of furan rings is 1. The van der Waals surface area contributed by atoms with Gasteiger partial charge in [0.05, 0.1) is 43.0 Å². The van der Waals surface area contributed by atoms with Crippen LogP contribution in [-0.2, 0) is 11.8 Å². The Kier molecular flexibility index (Phi) is 8.78. The van der Waals surface area contributed by atoms with Crippen molar-refractivity contribution in [2.75, 3.05) is 30.9 Å². The van der Waals surface area contributed by atoms with E-state index in [1.165, 1.54) is 30.2 Å². The van der Waals surface area contributed by atoms with Gasteiger partial charge in [0.2, 0.25) is 5.91 Å². The number of nitrogens with one attached hydrogen (secondary N) is 2. The van der Waals surface area contributed by atoms with Crippen molar-refractivity contribution < 1.29 is 38.2 Å². The number of aromatic carboxylic acids is 1. The van der Waals surface area contributed by atoms with E-state index >= 15 is 0 Å². The van der Waals surface area contributed by atoms with E-state index in [0.29, 0.717) is 52.7 Å². The summed E-state index contributed by atoms with van der Waals surface area (Å²) < 4.78 is 18.3. The molecule has 0 spiro atoms. The summed E-state index contributed by atoms with van der Waals surface area (Å²) in [5.74, 6) is -0.904. The number of benzene rings is 2. The zero-order chi connectivity index (χ0) is 33.1. The maximum Gasteiger partial charge on any atom is 0.352 e. The Bertz CT molecular complexity index is 1870. The summed E-state index contributed by atoms with van der Waals surface area (Å²) in [7, 11) is 3.09. The number of ether oxygens (including phenoxy) is 2. The predicted octanol–water partition coefficient (Wildman–Crippen LogP) is 5.36. The molecule has 1 atom stereocenters. The predicted molar refractivity (Wildman–Crippen MR) is 173 cm³/mol. The topological polar surface area (TPSA) is 165 Å². The first-order valence-corrected chi connectivity index (χ1v) is 15.1. The number of hydrogen-bond donors (Lipinski definition) is 3. The van der Waals surface area contributed by atoms with E-state index in [1.54, 1.807) is 49.5 Å². The highest BCUT2D eigenvalue weighted by atomic mass is 16.5. The molecule has 0 aliphatic carbocycles. The van der Waals surface area contributed by atoms with Gasteiger partial charge in [0.1, 0.15) is 5.69 Å². The summed E-state index contributed by atoms with van der Waals surface area (Å²) in [5.41, 5.74) is 3.44. The van der Waals surface area contributed by atoms with E-state index in [1.807, 2.05) is 11.1 Å². The van der Waals surface area contributed by atoms with Crippen molar-refractivity contribution in [2.24, 2.45) is 12.0 Å². The molecule has 47 heavy (non-hydrogen) atoms. The second kappa shape index (κ2) is 13.3. The summed E-state index contributed by atoms with van der Waals surface area (Å²) in [5, 5.41) is 14.7. The summed E-state index contributed by atoms with van der Waals surface area (Å²) in [6.45, 7) is 0.971. The Labute approximate surface area is 269 Å². The van der Waals surface area contributed by atoms with Gasteiger partial charge in [0.25, 0.3) is 11.8 Å². The minimum absolute atomic E-state index is 0.00964. The molecule has 0 bridgehead atoms. The Morgan fingerprint density at radius 2 is 1.85 bits per heavy atom. The lowest BCUT2D eigenvalue weighted by Crippen LogP contribution is -2.35. The molecule has 1 saturated heterocycles. The summed E-state index contributed by atoms with van der Waals surface area (Å²) >= 11 is 0. The standard InChI is InChI=1S/C34H33N5O8/c1-38-18-23(14-27(38)34(43)44)37-32(41)30-13-21(19-47-30)20-7-9-22(10-8-20)36-31(40)6-4-12-46-29-16-26-25(15-28(29)45-2)33(42)39-11-3-5-24(39)17-35-26/h7-10,13-19,24H,3-6,11-12H2,1-2H3,(H,36,40)(H,37,41)(H,43,44). The molecule has 4 heterocycles. The molecule has 3 amide bonds. The normalized spacial score (nSPS) is 15.1. The fraction of sp³-hybridized carbons (Fsp3) is 0.265. The number of carbonyl (C=O) groups excluding carboxylic acids is 3. The van der Waals surface area contributed by atoms with Crippen LogP contribution in [0.4, 0.5) is 17.1 Å². The number of methoxy groups -OCH3 is 1. The van der Waals surface area contributed by atoms with E-state index in [0.717, 1.165) is 18.4 Å². The molecular weight excluding hydrogens is 606 g/mol. The first kappa shape index (κ1) is 31.1. The first-order valence-electron chi connectivity index (χ1n) is 15.1. The van der Waals surface area contributed by atoms with Gasteiger partial charge in [0, 0.05) is 49.7 Å². The van der Waals surface area contributed by atoms with Crippen LogP contribution in [0.5, 0.6) is 11.5 Å². The van der Waals surface area contributed by atoms with E-state index in [2.05, 4.69) is 15.6 Å². The highest BCUT2D eigenvalue weighted by Gasteiger charge is 2.32. The SMILES string of the molecule is COc1cc2c(cc1OCCCC(=O)Nc1ccc(-c3coc(C(=O)Nc4cc(C(=O)O)n(C)c4)c3)cc1)N=CC1CCCN1C2=O. The molecule has 2 aromatic heterocycles. The van der Waals surface area contributed by atoms with E-state index in [-0.39, 0.29) is 42.3 Å². The van der Waals surface area contributed by atoms with Crippen LogP contribution in [-0.4, -0.2) is 70.8 Å². The zero-order valence-corrected chi connectivity index (χ0v) is 25.8. The Morgan fingerprint density at radius 1 is 1.04 bits per heavy atom. The number of rotatable bonds is 11. The third-order valence-corrected chi connectivity index (χ3v) is 8.07. The van der Waals surface area contributed by atoms with Crippen molar-refractivity contribution >= 4 is 47.0 Å². The van der Waals surface area contributed by atoms with Crippen molar-refractivity contribution in [2.45, 2.75) is 31.7 Å².